The average molecular weight is 1480 g/mol. The number of esters is 4. The lowest BCUT2D eigenvalue weighted by atomic mass is 9.99. The van der Waals surface area contributed by atoms with Gasteiger partial charge < -0.3 is 33.8 Å². The van der Waals surface area contributed by atoms with E-state index in [-0.39, 0.29) is 25.7 Å². The number of carbonyl (C=O) groups is 4. The number of carbonyl (C=O) groups excluding carboxylic acids is 4. The van der Waals surface area contributed by atoms with Crippen LogP contribution < -0.4 is 0 Å². The van der Waals surface area contributed by atoms with E-state index < -0.39 is 97.5 Å². The van der Waals surface area contributed by atoms with Crippen molar-refractivity contribution in [1.29, 1.82) is 0 Å². The average Bonchev–Trinajstić information content (AvgIpc) is 0.955. The topological polar surface area (TPSA) is 237 Å². The van der Waals surface area contributed by atoms with Crippen LogP contribution in [-0.2, 0) is 65.4 Å². The van der Waals surface area contributed by atoms with Crippen LogP contribution in [-0.4, -0.2) is 96.7 Å². The second-order valence-corrected chi connectivity index (χ2v) is 33.6. The monoisotopic (exact) mass is 1480 g/mol. The summed E-state index contributed by atoms with van der Waals surface area (Å²) in [6, 6.07) is 0. The molecule has 6 atom stereocenters. The van der Waals surface area contributed by atoms with Gasteiger partial charge in [0.1, 0.15) is 19.3 Å². The Labute approximate surface area is 619 Å². The highest BCUT2D eigenvalue weighted by atomic mass is 31.2. The predicted octanol–water partition coefficient (Wildman–Crippen LogP) is 24.5. The Morgan fingerprint density at radius 1 is 0.287 bits per heavy atom. The van der Waals surface area contributed by atoms with E-state index in [4.69, 9.17) is 37.0 Å². The van der Waals surface area contributed by atoms with E-state index >= 15 is 0 Å². The highest BCUT2D eigenvalue weighted by molar-refractivity contribution is 7.47. The van der Waals surface area contributed by atoms with E-state index in [1.54, 1.807) is 0 Å². The first-order valence-electron chi connectivity index (χ1n) is 42.4. The Kier molecular flexibility index (Phi) is 70.9. The third kappa shape index (κ3) is 74.7. The number of phosphoric acid groups is 2. The zero-order valence-corrected chi connectivity index (χ0v) is 68.2. The van der Waals surface area contributed by atoms with Crippen LogP contribution in [0.5, 0.6) is 0 Å². The Bertz CT molecular complexity index is 1960. The van der Waals surface area contributed by atoms with Crippen LogP contribution in [0.15, 0.2) is 0 Å². The molecule has 0 heterocycles. The standard InChI is InChI=1S/C82H160O17P2/c1-8-10-11-12-13-14-15-16-17-23-26-29-35-42-49-56-63-79(84)92-69-77(98-81(86)65-58-51-43-36-30-27-24-21-19-18-20-22-25-28-33-39-46-53-60-73(3)4)71-96-100(88,89)94-67-76(83)68-95-101(90,91)97-72-78(70-93-80(85)64-57-50-45-38-40-47-54-61-74(5)6)99-82(87)66-59-52-44-37-32-31-34-41-48-55-62-75(7)9-2/h73-78,83H,8-72H2,1-7H3,(H,88,89)(H,90,91)/t75?,76-,77-,78-/m1/s1. The molecule has 3 N–H and O–H groups in total. The molecule has 0 rings (SSSR count). The highest BCUT2D eigenvalue weighted by Gasteiger charge is 2.30. The number of unbranched alkanes of at least 4 members (excludes halogenated alkanes) is 47. The fourth-order valence-corrected chi connectivity index (χ4v) is 14.2. The first-order valence-corrected chi connectivity index (χ1v) is 45.4. The molecule has 0 aromatic carbocycles. The summed E-state index contributed by atoms with van der Waals surface area (Å²) in [5.41, 5.74) is 0. The van der Waals surface area contributed by atoms with E-state index in [1.807, 2.05) is 0 Å². The van der Waals surface area contributed by atoms with Gasteiger partial charge in [-0.1, -0.05) is 376 Å². The minimum absolute atomic E-state index is 0.106. The first-order chi connectivity index (χ1) is 48.8. The Balaban J connectivity index is 5.23. The lowest BCUT2D eigenvalue weighted by Gasteiger charge is -2.21. The Morgan fingerprint density at radius 3 is 0.752 bits per heavy atom. The SMILES string of the molecule is CCCCCCCCCCCCCCCCCCC(=O)OC[C@H](COP(=O)(O)OC[C@@H](O)COP(=O)(O)OC[C@@H](COC(=O)CCCCCCCCCC(C)C)OC(=O)CCCCCCCCCCCCC(C)CC)OC(=O)CCCCCCCCCCCCCCCCCCCCC(C)C. The molecular formula is C82H160O17P2. The largest absolute Gasteiger partial charge is 0.472 e. The van der Waals surface area contributed by atoms with Gasteiger partial charge >= 0.3 is 39.5 Å². The van der Waals surface area contributed by atoms with Gasteiger partial charge in [-0.25, -0.2) is 9.13 Å². The molecule has 3 unspecified atom stereocenters. The summed E-state index contributed by atoms with van der Waals surface area (Å²) >= 11 is 0. The van der Waals surface area contributed by atoms with Gasteiger partial charge in [0.05, 0.1) is 26.4 Å². The molecule has 19 heteroatoms. The molecule has 0 aliphatic carbocycles. The van der Waals surface area contributed by atoms with Gasteiger partial charge in [0.25, 0.3) is 0 Å². The van der Waals surface area contributed by atoms with Gasteiger partial charge in [0.2, 0.25) is 0 Å². The Hall–Kier alpha value is -1.94. The van der Waals surface area contributed by atoms with Crippen LogP contribution in [0.4, 0.5) is 0 Å². The summed E-state index contributed by atoms with van der Waals surface area (Å²) in [6.07, 6.45) is 61.1. The zero-order valence-electron chi connectivity index (χ0n) is 66.4. The lowest BCUT2D eigenvalue weighted by molar-refractivity contribution is -0.161. The lowest BCUT2D eigenvalue weighted by Crippen LogP contribution is -2.30. The van der Waals surface area contributed by atoms with Gasteiger partial charge in [-0.3, -0.25) is 37.3 Å². The van der Waals surface area contributed by atoms with Crippen LogP contribution in [0.2, 0.25) is 0 Å². The minimum atomic E-state index is -4.96. The molecule has 0 radical (unpaired) electrons. The van der Waals surface area contributed by atoms with Crippen LogP contribution >= 0.6 is 15.6 Å². The van der Waals surface area contributed by atoms with Crippen molar-refractivity contribution < 1.29 is 80.2 Å². The summed E-state index contributed by atoms with van der Waals surface area (Å²) in [6.45, 7) is 12.0. The molecule has 0 saturated carbocycles. The van der Waals surface area contributed by atoms with Crippen LogP contribution in [0, 0.1) is 17.8 Å². The number of hydrogen-bond acceptors (Lipinski definition) is 15. The van der Waals surface area contributed by atoms with Crippen molar-refractivity contribution in [2.24, 2.45) is 17.8 Å². The van der Waals surface area contributed by atoms with E-state index in [2.05, 4.69) is 48.5 Å². The third-order valence-electron chi connectivity index (χ3n) is 19.5. The molecule has 0 spiro atoms. The molecule has 0 aromatic heterocycles. The number of rotatable bonds is 80. The fourth-order valence-electron chi connectivity index (χ4n) is 12.6. The van der Waals surface area contributed by atoms with Gasteiger partial charge in [-0.05, 0) is 43.4 Å². The summed E-state index contributed by atoms with van der Waals surface area (Å²) in [4.78, 5) is 73.0. The van der Waals surface area contributed by atoms with Gasteiger partial charge in [0.15, 0.2) is 12.2 Å². The summed E-state index contributed by atoms with van der Waals surface area (Å²) < 4.78 is 68.7. The maximum Gasteiger partial charge on any atom is 0.472 e. The number of aliphatic hydroxyl groups excluding tert-OH is 1. The van der Waals surface area contributed by atoms with Crippen LogP contribution in [0.3, 0.4) is 0 Å². The number of phosphoric ester groups is 2. The van der Waals surface area contributed by atoms with Crippen molar-refractivity contribution in [2.75, 3.05) is 39.6 Å². The van der Waals surface area contributed by atoms with Gasteiger partial charge in [-0.15, -0.1) is 0 Å². The maximum atomic E-state index is 13.1. The molecule has 0 aliphatic rings. The van der Waals surface area contributed by atoms with Crippen molar-refractivity contribution >= 4 is 39.5 Å². The van der Waals surface area contributed by atoms with E-state index in [0.29, 0.717) is 31.6 Å². The molecule has 0 bridgehead atoms. The molecular weight excluding hydrogens is 1320 g/mol. The number of hydrogen-bond donors (Lipinski definition) is 3. The third-order valence-corrected chi connectivity index (χ3v) is 21.4. The summed E-state index contributed by atoms with van der Waals surface area (Å²) in [5, 5.41) is 10.6. The van der Waals surface area contributed by atoms with Gasteiger partial charge in [0, 0.05) is 25.7 Å². The molecule has 600 valence electrons. The van der Waals surface area contributed by atoms with E-state index in [9.17, 15) is 43.2 Å². The molecule has 0 aliphatic heterocycles. The molecule has 101 heavy (non-hydrogen) atoms. The molecule has 0 fully saturated rings. The predicted molar refractivity (Wildman–Crippen MR) is 414 cm³/mol. The van der Waals surface area contributed by atoms with Crippen molar-refractivity contribution in [2.45, 2.75) is 446 Å². The zero-order chi connectivity index (χ0) is 74.4. The molecule has 17 nitrogen and oxygen atoms in total. The van der Waals surface area contributed by atoms with E-state index in [1.165, 1.54) is 231 Å². The number of aliphatic hydroxyl groups is 1. The minimum Gasteiger partial charge on any atom is -0.462 e. The normalized spacial score (nSPS) is 14.2. The quantitative estimate of drug-likeness (QED) is 0.0222. The van der Waals surface area contributed by atoms with E-state index in [0.717, 1.165) is 108 Å². The van der Waals surface area contributed by atoms with Crippen molar-refractivity contribution in [1.82, 2.24) is 0 Å². The van der Waals surface area contributed by atoms with Crippen molar-refractivity contribution in [3.05, 3.63) is 0 Å². The van der Waals surface area contributed by atoms with Crippen molar-refractivity contribution in [3.63, 3.8) is 0 Å². The van der Waals surface area contributed by atoms with Gasteiger partial charge in [-0.2, -0.15) is 0 Å². The highest BCUT2D eigenvalue weighted by Crippen LogP contribution is 2.45. The molecule has 0 amide bonds. The second-order valence-electron chi connectivity index (χ2n) is 30.7. The fraction of sp³-hybridized carbons (Fsp3) is 0.951. The van der Waals surface area contributed by atoms with Crippen molar-refractivity contribution in [3.8, 4) is 0 Å². The molecule has 0 aromatic rings. The second kappa shape index (κ2) is 72.3. The molecule has 0 saturated heterocycles. The van der Waals surface area contributed by atoms with Crippen LogP contribution in [0.1, 0.15) is 427 Å². The van der Waals surface area contributed by atoms with Crippen LogP contribution in [0.25, 0.3) is 0 Å². The maximum absolute atomic E-state index is 13.1. The smallest absolute Gasteiger partial charge is 0.462 e. The number of ether oxygens (including phenoxy) is 4. The summed E-state index contributed by atoms with van der Waals surface area (Å²) in [5.74, 6) is 0.218. The Morgan fingerprint density at radius 2 is 0.505 bits per heavy atom. The first kappa shape index (κ1) is 99.1. The summed E-state index contributed by atoms with van der Waals surface area (Å²) in [7, 11) is -9.92.